The first-order chi connectivity index (χ1) is 15.3. The van der Waals surface area contributed by atoms with Gasteiger partial charge in [-0.25, -0.2) is 4.39 Å². The maximum atomic E-state index is 12.8. The number of hydrogen-bond donors (Lipinski definition) is 3. The number of rotatable bonds is 12. The van der Waals surface area contributed by atoms with Gasteiger partial charge in [-0.05, 0) is 23.1 Å². The van der Waals surface area contributed by atoms with Crippen molar-refractivity contribution in [3.8, 4) is 11.1 Å². The SMILES string of the molecule is CCC[C@H](NC(=O)Cc1ccccc1-c1ccccc1)C(=O)N[C@@H](CC(=O)O)C(=O)CF. The number of carboxylic acids is 1. The highest BCUT2D eigenvalue weighted by atomic mass is 19.1. The molecule has 2 aromatic carbocycles. The van der Waals surface area contributed by atoms with Crippen LogP contribution in [0.2, 0.25) is 0 Å². The third-order valence-corrected chi connectivity index (χ3v) is 4.90. The molecule has 32 heavy (non-hydrogen) atoms. The first kappa shape index (κ1) is 24.7. The van der Waals surface area contributed by atoms with E-state index in [1.165, 1.54) is 0 Å². The van der Waals surface area contributed by atoms with Crippen molar-refractivity contribution in [1.29, 1.82) is 0 Å². The van der Waals surface area contributed by atoms with Crippen LogP contribution in [0.1, 0.15) is 31.7 Å². The van der Waals surface area contributed by atoms with E-state index in [2.05, 4.69) is 10.6 Å². The van der Waals surface area contributed by atoms with Crippen molar-refractivity contribution in [2.24, 2.45) is 0 Å². The average Bonchev–Trinajstić information content (AvgIpc) is 2.78. The van der Waals surface area contributed by atoms with Crippen LogP contribution in [-0.4, -0.2) is 47.4 Å². The van der Waals surface area contributed by atoms with E-state index in [0.29, 0.717) is 6.42 Å². The number of benzene rings is 2. The largest absolute Gasteiger partial charge is 0.481 e. The summed E-state index contributed by atoms with van der Waals surface area (Å²) in [5.74, 6) is -3.48. The number of amides is 2. The number of carbonyl (C=O) groups is 4. The summed E-state index contributed by atoms with van der Waals surface area (Å²) in [6, 6.07) is 14.6. The smallest absolute Gasteiger partial charge is 0.305 e. The predicted octanol–water partition coefficient (Wildman–Crippen LogP) is 2.68. The van der Waals surface area contributed by atoms with Gasteiger partial charge in [-0.15, -0.1) is 0 Å². The van der Waals surface area contributed by atoms with E-state index in [4.69, 9.17) is 5.11 Å². The third-order valence-electron chi connectivity index (χ3n) is 4.90. The molecule has 0 aliphatic rings. The molecular weight excluding hydrogens is 415 g/mol. The molecule has 2 aromatic rings. The summed E-state index contributed by atoms with van der Waals surface area (Å²) in [6.07, 6.45) is 0.132. The summed E-state index contributed by atoms with van der Waals surface area (Å²) >= 11 is 0. The van der Waals surface area contributed by atoms with Gasteiger partial charge in [0.05, 0.1) is 12.8 Å². The van der Waals surface area contributed by atoms with Gasteiger partial charge in [0.15, 0.2) is 5.78 Å². The van der Waals surface area contributed by atoms with Crippen LogP contribution in [0.5, 0.6) is 0 Å². The van der Waals surface area contributed by atoms with E-state index < -0.39 is 48.7 Å². The van der Waals surface area contributed by atoms with Crippen LogP contribution in [0.4, 0.5) is 4.39 Å². The number of Topliss-reactive ketones (excluding diaryl/α,β-unsaturated/α-hetero) is 1. The number of ketones is 1. The summed E-state index contributed by atoms with van der Waals surface area (Å²) in [7, 11) is 0. The Morgan fingerprint density at radius 2 is 1.59 bits per heavy atom. The molecule has 0 aliphatic carbocycles. The lowest BCUT2D eigenvalue weighted by molar-refractivity contribution is -0.140. The van der Waals surface area contributed by atoms with E-state index in [9.17, 15) is 23.6 Å². The zero-order valence-electron chi connectivity index (χ0n) is 17.8. The van der Waals surface area contributed by atoms with Gasteiger partial charge in [0.1, 0.15) is 18.8 Å². The molecule has 170 valence electrons. The van der Waals surface area contributed by atoms with Gasteiger partial charge in [0.25, 0.3) is 0 Å². The van der Waals surface area contributed by atoms with Gasteiger partial charge < -0.3 is 15.7 Å². The highest BCUT2D eigenvalue weighted by Gasteiger charge is 2.28. The van der Waals surface area contributed by atoms with E-state index in [1.807, 2.05) is 61.5 Å². The summed E-state index contributed by atoms with van der Waals surface area (Å²) in [6.45, 7) is 0.428. The predicted molar refractivity (Wildman–Crippen MR) is 118 cm³/mol. The molecule has 0 radical (unpaired) electrons. The number of alkyl halides is 1. The molecule has 0 bridgehead atoms. The van der Waals surface area contributed by atoms with E-state index >= 15 is 0 Å². The topological polar surface area (TPSA) is 113 Å². The molecule has 0 heterocycles. The van der Waals surface area contributed by atoms with Gasteiger partial charge in [-0.2, -0.15) is 0 Å². The van der Waals surface area contributed by atoms with Crippen molar-refractivity contribution >= 4 is 23.6 Å². The summed E-state index contributed by atoms with van der Waals surface area (Å²) in [5.41, 5.74) is 2.64. The molecule has 0 saturated heterocycles. The highest BCUT2D eigenvalue weighted by Crippen LogP contribution is 2.23. The Morgan fingerprint density at radius 3 is 2.22 bits per heavy atom. The quantitative estimate of drug-likeness (QED) is 0.468. The Kier molecular flexibility index (Phi) is 9.53. The van der Waals surface area contributed by atoms with E-state index in [-0.39, 0.29) is 12.8 Å². The van der Waals surface area contributed by atoms with E-state index in [0.717, 1.165) is 16.7 Å². The molecule has 0 fully saturated rings. The van der Waals surface area contributed by atoms with Crippen LogP contribution in [0.25, 0.3) is 11.1 Å². The van der Waals surface area contributed by atoms with Crippen molar-refractivity contribution in [1.82, 2.24) is 10.6 Å². The van der Waals surface area contributed by atoms with Gasteiger partial charge in [-0.3, -0.25) is 19.2 Å². The molecule has 2 atom stereocenters. The second kappa shape index (κ2) is 12.3. The first-order valence-corrected chi connectivity index (χ1v) is 10.4. The lowest BCUT2D eigenvalue weighted by atomic mass is 9.97. The molecule has 0 saturated carbocycles. The third kappa shape index (κ3) is 7.30. The van der Waals surface area contributed by atoms with Crippen LogP contribution < -0.4 is 10.6 Å². The van der Waals surface area contributed by atoms with Crippen molar-refractivity contribution in [3.05, 3.63) is 60.2 Å². The molecule has 0 unspecified atom stereocenters. The molecule has 3 N–H and O–H groups in total. The molecule has 7 nitrogen and oxygen atoms in total. The zero-order valence-corrected chi connectivity index (χ0v) is 17.8. The van der Waals surface area contributed by atoms with Crippen molar-refractivity contribution in [3.63, 3.8) is 0 Å². The van der Waals surface area contributed by atoms with Gasteiger partial charge in [0.2, 0.25) is 11.8 Å². The van der Waals surface area contributed by atoms with Crippen LogP contribution in [0.15, 0.2) is 54.6 Å². The molecule has 2 amide bonds. The monoisotopic (exact) mass is 442 g/mol. The summed E-state index contributed by atoms with van der Waals surface area (Å²) < 4.78 is 12.8. The van der Waals surface area contributed by atoms with Crippen molar-refractivity contribution in [2.75, 3.05) is 6.67 Å². The highest BCUT2D eigenvalue weighted by molar-refractivity contribution is 5.95. The average molecular weight is 442 g/mol. The Hall–Kier alpha value is -3.55. The molecular formula is C24H27FN2O5. The zero-order chi connectivity index (χ0) is 23.5. The maximum Gasteiger partial charge on any atom is 0.305 e. The summed E-state index contributed by atoms with van der Waals surface area (Å²) in [4.78, 5) is 48.0. The molecule has 0 aliphatic heterocycles. The number of hydrogen-bond acceptors (Lipinski definition) is 4. The fourth-order valence-corrected chi connectivity index (χ4v) is 3.34. The first-order valence-electron chi connectivity index (χ1n) is 10.4. The van der Waals surface area contributed by atoms with Crippen molar-refractivity contribution < 1.29 is 28.7 Å². The van der Waals surface area contributed by atoms with Crippen LogP contribution in [0, 0.1) is 0 Å². The molecule has 2 rings (SSSR count). The molecule has 8 heteroatoms. The Labute approximate surface area is 186 Å². The Balaban J connectivity index is 2.11. The van der Waals surface area contributed by atoms with Gasteiger partial charge >= 0.3 is 5.97 Å². The van der Waals surface area contributed by atoms with Crippen LogP contribution in [-0.2, 0) is 25.6 Å². The minimum atomic E-state index is -1.49. The fraction of sp³-hybridized carbons (Fsp3) is 0.333. The Morgan fingerprint density at radius 1 is 0.938 bits per heavy atom. The lowest BCUT2D eigenvalue weighted by Crippen LogP contribution is -2.52. The number of nitrogens with one attached hydrogen (secondary N) is 2. The normalized spacial score (nSPS) is 12.4. The minimum Gasteiger partial charge on any atom is -0.481 e. The second-order valence-electron chi connectivity index (χ2n) is 7.37. The maximum absolute atomic E-state index is 12.8. The minimum absolute atomic E-state index is 0.0283. The lowest BCUT2D eigenvalue weighted by Gasteiger charge is -2.21. The van der Waals surface area contributed by atoms with Gasteiger partial charge in [-0.1, -0.05) is 67.9 Å². The fourth-order valence-electron chi connectivity index (χ4n) is 3.34. The number of halogens is 1. The van der Waals surface area contributed by atoms with Crippen LogP contribution in [0.3, 0.4) is 0 Å². The number of aliphatic carboxylic acids is 1. The second-order valence-corrected chi connectivity index (χ2v) is 7.37. The standard InChI is InChI=1S/C24H27FN2O5/c1-2-8-19(24(32)27-20(14-23(30)31)21(28)15-25)26-22(29)13-17-11-6-7-12-18(17)16-9-4-3-5-10-16/h3-7,9-12,19-20H,2,8,13-15H2,1H3,(H,26,29)(H,27,32)(H,30,31)/t19-,20-/m0/s1. The van der Waals surface area contributed by atoms with Crippen LogP contribution >= 0.6 is 0 Å². The van der Waals surface area contributed by atoms with Gasteiger partial charge in [0, 0.05) is 0 Å². The molecule has 0 aromatic heterocycles. The number of carbonyl (C=O) groups excluding carboxylic acids is 3. The molecule has 0 spiro atoms. The summed E-state index contributed by atoms with van der Waals surface area (Å²) in [5, 5.41) is 13.8. The Bertz CT molecular complexity index is 948. The number of carboxylic acid groups (broad SMARTS) is 1. The van der Waals surface area contributed by atoms with E-state index in [1.54, 1.807) is 0 Å². The van der Waals surface area contributed by atoms with Crippen molar-refractivity contribution in [2.45, 2.75) is 44.7 Å².